The van der Waals surface area contributed by atoms with Crippen molar-refractivity contribution in [3.05, 3.63) is 54.4 Å². The van der Waals surface area contributed by atoms with E-state index < -0.39 is 5.91 Å². The Morgan fingerprint density at radius 2 is 1.71 bits per heavy atom. The van der Waals surface area contributed by atoms with E-state index in [2.05, 4.69) is 20.8 Å². The molecular formula is C21H22N4O6. The second-order valence-corrected chi connectivity index (χ2v) is 6.20. The number of para-hydroxylation sites is 1. The molecule has 162 valence electrons. The van der Waals surface area contributed by atoms with Gasteiger partial charge in [0.05, 0.1) is 14.2 Å². The highest BCUT2D eigenvalue weighted by Gasteiger charge is 2.17. The highest BCUT2D eigenvalue weighted by Crippen LogP contribution is 2.31. The van der Waals surface area contributed by atoms with Crippen LogP contribution in [0.4, 0.5) is 0 Å². The van der Waals surface area contributed by atoms with Gasteiger partial charge in [0.2, 0.25) is 5.82 Å². The Morgan fingerprint density at radius 1 is 0.968 bits per heavy atom. The summed E-state index contributed by atoms with van der Waals surface area (Å²) in [5.74, 6) is 0.862. The average molecular weight is 426 g/mol. The van der Waals surface area contributed by atoms with Crippen LogP contribution in [0.3, 0.4) is 0 Å². The van der Waals surface area contributed by atoms with E-state index in [4.69, 9.17) is 18.7 Å². The zero-order valence-corrected chi connectivity index (χ0v) is 17.1. The number of carbonyl (C=O) groups excluding carboxylic acids is 2. The number of nitrogens with zero attached hydrogens (tertiary/aromatic N) is 2. The molecule has 10 heteroatoms. The van der Waals surface area contributed by atoms with Crippen molar-refractivity contribution in [3.63, 3.8) is 0 Å². The van der Waals surface area contributed by atoms with Crippen LogP contribution in [0, 0.1) is 0 Å². The molecule has 31 heavy (non-hydrogen) atoms. The maximum atomic E-state index is 12.2. The summed E-state index contributed by atoms with van der Waals surface area (Å²) in [5, 5.41) is 9.06. The zero-order valence-electron chi connectivity index (χ0n) is 17.1. The minimum atomic E-state index is -0.547. The van der Waals surface area contributed by atoms with E-state index >= 15 is 0 Å². The van der Waals surface area contributed by atoms with Crippen LogP contribution in [0.5, 0.6) is 17.2 Å². The van der Waals surface area contributed by atoms with Gasteiger partial charge in [-0.15, -0.1) is 0 Å². The van der Waals surface area contributed by atoms with Gasteiger partial charge in [-0.1, -0.05) is 23.4 Å². The maximum absolute atomic E-state index is 12.2. The smallest absolute Gasteiger partial charge is 0.316 e. The van der Waals surface area contributed by atoms with Crippen LogP contribution in [0.1, 0.15) is 10.7 Å². The molecule has 0 aliphatic carbocycles. The first-order valence-corrected chi connectivity index (χ1v) is 9.39. The fourth-order valence-electron chi connectivity index (χ4n) is 2.58. The summed E-state index contributed by atoms with van der Waals surface area (Å²) in [5.41, 5.74) is 0.603. The molecule has 0 bridgehead atoms. The summed E-state index contributed by atoms with van der Waals surface area (Å²) in [6, 6.07) is 14.1. The van der Waals surface area contributed by atoms with Gasteiger partial charge >= 0.3 is 11.8 Å². The van der Waals surface area contributed by atoms with E-state index in [1.807, 2.05) is 18.2 Å². The average Bonchev–Trinajstić information content (AvgIpc) is 3.31. The predicted molar refractivity (Wildman–Crippen MR) is 110 cm³/mol. The third kappa shape index (κ3) is 5.95. The Hall–Kier alpha value is -4.08. The maximum Gasteiger partial charge on any atom is 0.316 e. The summed E-state index contributed by atoms with van der Waals surface area (Å²) in [6.07, 6.45) is 0. The molecule has 3 aromatic rings. The number of ether oxygens (including phenoxy) is 3. The van der Waals surface area contributed by atoms with Crippen LogP contribution < -0.4 is 24.8 Å². The summed E-state index contributed by atoms with van der Waals surface area (Å²) < 4.78 is 20.8. The Balaban J connectivity index is 1.44. The second kappa shape index (κ2) is 10.6. The van der Waals surface area contributed by atoms with E-state index in [-0.39, 0.29) is 37.3 Å². The van der Waals surface area contributed by atoms with Gasteiger partial charge < -0.3 is 29.4 Å². The molecule has 10 nitrogen and oxygen atoms in total. The largest absolute Gasteiger partial charge is 0.493 e. The summed E-state index contributed by atoms with van der Waals surface area (Å²) >= 11 is 0. The number of methoxy groups -OCH3 is 2. The molecule has 0 saturated carbocycles. The van der Waals surface area contributed by atoms with E-state index in [0.717, 1.165) is 0 Å². The molecule has 0 radical (unpaired) electrons. The van der Waals surface area contributed by atoms with Gasteiger partial charge in [-0.3, -0.25) is 9.59 Å². The fourth-order valence-corrected chi connectivity index (χ4v) is 2.58. The number of hydrogen-bond acceptors (Lipinski definition) is 8. The second-order valence-electron chi connectivity index (χ2n) is 6.20. The number of hydrogen-bond donors (Lipinski definition) is 2. The molecule has 0 atom stereocenters. The fraction of sp³-hybridized carbons (Fsp3) is 0.238. The van der Waals surface area contributed by atoms with Crippen molar-refractivity contribution >= 4 is 11.8 Å². The normalized spacial score (nSPS) is 10.3. The lowest BCUT2D eigenvalue weighted by molar-refractivity contribution is -0.123. The van der Waals surface area contributed by atoms with Crippen LogP contribution in [-0.4, -0.2) is 55.9 Å². The number of rotatable bonds is 10. The molecule has 2 amide bonds. The first-order chi connectivity index (χ1) is 15.1. The van der Waals surface area contributed by atoms with Gasteiger partial charge in [0.25, 0.3) is 5.91 Å². The van der Waals surface area contributed by atoms with Crippen molar-refractivity contribution in [1.82, 2.24) is 20.8 Å². The summed E-state index contributed by atoms with van der Waals surface area (Å²) in [7, 11) is 3.05. The third-order valence-corrected chi connectivity index (χ3v) is 4.11. The molecule has 1 aromatic heterocycles. The quantitative estimate of drug-likeness (QED) is 0.469. The molecule has 0 saturated heterocycles. The Kier molecular flexibility index (Phi) is 7.41. The van der Waals surface area contributed by atoms with Gasteiger partial charge in [0.1, 0.15) is 5.75 Å². The molecule has 2 aromatic carbocycles. The van der Waals surface area contributed by atoms with Crippen molar-refractivity contribution < 1.29 is 28.3 Å². The lowest BCUT2D eigenvalue weighted by Crippen LogP contribution is -2.36. The topological polar surface area (TPSA) is 125 Å². The minimum absolute atomic E-state index is 0.115. The first-order valence-electron chi connectivity index (χ1n) is 9.39. The van der Waals surface area contributed by atoms with Crippen LogP contribution >= 0.6 is 0 Å². The molecular weight excluding hydrogens is 404 g/mol. The first kappa shape index (κ1) is 21.6. The molecule has 0 fully saturated rings. The Morgan fingerprint density at radius 3 is 2.45 bits per heavy atom. The molecule has 2 N–H and O–H groups in total. The molecule has 1 heterocycles. The molecule has 3 rings (SSSR count). The minimum Gasteiger partial charge on any atom is -0.493 e. The van der Waals surface area contributed by atoms with Crippen LogP contribution in [0.2, 0.25) is 0 Å². The molecule has 0 aliphatic rings. The summed E-state index contributed by atoms with van der Waals surface area (Å²) in [6.45, 7) is 0.291. The highest BCUT2D eigenvalue weighted by atomic mass is 16.5. The number of amides is 2. The van der Waals surface area contributed by atoms with E-state index in [1.165, 1.54) is 14.2 Å². The van der Waals surface area contributed by atoms with Gasteiger partial charge in [-0.2, -0.15) is 4.98 Å². The Bertz CT molecular complexity index is 1020. The molecule has 0 aliphatic heterocycles. The number of carbonyl (C=O) groups is 2. The van der Waals surface area contributed by atoms with Gasteiger partial charge in [0, 0.05) is 18.7 Å². The number of benzene rings is 2. The number of aromatic nitrogens is 2. The monoisotopic (exact) mass is 426 g/mol. The van der Waals surface area contributed by atoms with Crippen LogP contribution in [0.25, 0.3) is 11.4 Å². The van der Waals surface area contributed by atoms with Crippen molar-refractivity contribution in [2.75, 3.05) is 33.9 Å². The van der Waals surface area contributed by atoms with E-state index in [1.54, 1.807) is 30.3 Å². The van der Waals surface area contributed by atoms with Crippen LogP contribution in [-0.2, 0) is 4.79 Å². The zero-order chi connectivity index (χ0) is 22.1. The third-order valence-electron chi connectivity index (χ3n) is 4.11. The van der Waals surface area contributed by atoms with Gasteiger partial charge in [-0.25, -0.2) is 0 Å². The molecule has 0 spiro atoms. The lowest BCUT2D eigenvalue weighted by Gasteiger charge is -2.07. The SMILES string of the molecule is COc1ccc(-c2noc(C(=O)NCCNC(=O)COc3ccccc3)n2)cc1OC. The Labute approximate surface area is 178 Å². The lowest BCUT2D eigenvalue weighted by atomic mass is 10.2. The van der Waals surface area contributed by atoms with E-state index in [9.17, 15) is 9.59 Å². The van der Waals surface area contributed by atoms with Crippen LogP contribution in [0.15, 0.2) is 53.1 Å². The van der Waals surface area contributed by atoms with Crippen molar-refractivity contribution in [2.45, 2.75) is 0 Å². The van der Waals surface area contributed by atoms with Crippen molar-refractivity contribution in [2.24, 2.45) is 0 Å². The molecule has 0 unspecified atom stereocenters. The summed E-state index contributed by atoms with van der Waals surface area (Å²) in [4.78, 5) is 28.1. The van der Waals surface area contributed by atoms with Gasteiger partial charge in [-0.05, 0) is 30.3 Å². The highest BCUT2D eigenvalue weighted by molar-refractivity contribution is 5.90. The van der Waals surface area contributed by atoms with Crippen molar-refractivity contribution in [3.8, 4) is 28.6 Å². The standard InChI is InChI=1S/C21H22N4O6/c1-28-16-9-8-14(12-17(16)29-2)19-24-21(31-25-19)20(27)23-11-10-22-18(26)13-30-15-6-4-3-5-7-15/h3-9,12H,10-11,13H2,1-2H3,(H,22,26)(H,23,27). The van der Waals surface area contributed by atoms with Gasteiger partial charge in [0.15, 0.2) is 18.1 Å². The predicted octanol–water partition coefficient (Wildman–Crippen LogP) is 1.68. The van der Waals surface area contributed by atoms with E-state index in [0.29, 0.717) is 22.8 Å². The number of nitrogens with one attached hydrogen (secondary N) is 2. The van der Waals surface area contributed by atoms with Crippen molar-refractivity contribution in [1.29, 1.82) is 0 Å².